The summed E-state index contributed by atoms with van der Waals surface area (Å²) in [5.41, 5.74) is 3.49. The summed E-state index contributed by atoms with van der Waals surface area (Å²) in [7, 11) is 0. The van der Waals surface area contributed by atoms with E-state index in [2.05, 4.69) is 46.4 Å². The van der Waals surface area contributed by atoms with Crippen LogP contribution in [0, 0.1) is 5.95 Å². The van der Waals surface area contributed by atoms with E-state index in [0.717, 1.165) is 29.1 Å². The Kier molecular flexibility index (Phi) is 4.43. The highest BCUT2D eigenvalue weighted by Gasteiger charge is 2.15. The van der Waals surface area contributed by atoms with Gasteiger partial charge >= 0.3 is 0 Å². The molecular formula is C20H21FN6. The molecule has 0 unspecified atom stereocenters. The number of imidazole rings is 2. The zero-order valence-corrected chi connectivity index (χ0v) is 15.6. The second-order valence-corrected chi connectivity index (χ2v) is 6.75. The number of aryl methyl sites for hydroxylation is 1. The molecule has 0 atom stereocenters. The summed E-state index contributed by atoms with van der Waals surface area (Å²) >= 11 is 0. The van der Waals surface area contributed by atoms with Crippen LogP contribution in [0.1, 0.15) is 38.2 Å². The number of nitrogens with zero attached hydrogens (tertiary/aromatic N) is 6. The Morgan fingerprint density at radius 3 is 2.74 bits per heavy atom. The lowest BCUT2D eigenvalue weighted by atomic mass is 10.1. The van der Waals surface area contributed by atoms with Gasteiger partial charge in [-0.05, 0) is 31.0 Å². The molecule has 0 radical (unpaired) electrons. The molecule has 4 rings (SSSR count). The van der Waals surface area contributed by atoms with E-state index in [0.29, 0.717) is 24.0 Å². The number of pyridine rings is 2. The zero-order chi connectivity index (χ0) is 19.0. The van der Waals surface area contributed by atoms with Crippen LogP contribution >= 0.6 is 0 Å². The van der Waals surface area contributed by atoms with Crippen molar-refractivity contribution in [3.8, 4) is 11.5 Å². The van der Waals surface area contributed by atoms with Crippen LogP contribution in [-0.4, -0.2) is 29.1 Å². The molecule has 0 aliphatic heterocycles. The molecule has 0 saturated carbocycles. The van der Waals surface area contributed by atoms with Gasteiger partial charge in [-0.3, -0.25) is 4.98 Å². The summed E-state index contributed by atoms with van der Waals surface area (Å²) in [5, 5.41) is 0. The lowest BCUT2D eigenvalue weighted by Gasteiger charge is -2.09. The lowest BCUT2D eigenvalue weighted by molar-refractivity contribution is 0.584. The topological polar surface area (TPSA) is 61.4 Å². The van der Waals surface area contributed by atoms with Crippen LogP contribution in [0.3, 0.4) is 0 Å². The first-order valence-electron chi connectivity index (χ1n) is 9.06. The maximum atomic E-state index is 13.5. The van der Waals surface area contributed by atoms with Crippen LogP contribution < -0.4 is 0 Å². The van der Waals surface area contributed by atoms with Gasteiger partial charge in [0.2, 0.25) is 5.95 Å². The minimum absolute atomic E-state index is 0.351. The van der Waals surface area contributed by atoms with Crippen LogP contribution in [0.2, 0.25) is 0 Å². The van der Waals surface area contributed by atoms with E-state index in [4.69, 9.17) is 4.98 Å². The molecule has 4 heterocycles. The van der Waals surface area contributed by atoms with Crippen molar-refractivity contribution in [1.29, 1.82) is 0 Å². The van der Waals surface area contributed by atoms with Crippen molar-refractivity contribution in [3.05, 3.63) is 60.3 Å². The van der Waals surface area contributed by atoms with E-state index in [1.54, 1.807) is 18.3 Å². The average Bonchev–Trinajstić information content (AvgIpc) is 3.25. The zero-order valence-electron chi connectivity index (χ0n) is 15.6. The van der Waals surface area contributed by atoms with Crippen molar-refractivity contribution in [3.63, 3.8) is 0 Å². The van der Waals surface area contributed by atoms with E-state index in [1.807, 2.05) is 17.0 Å². The second-order valence-electron chi connectivity index (χ2n) is 6.75. The highest BCUT2D eigenvalue weighted by molar-refractivity contribution is 5.75. The molecular weight excluding hydrogens is 343 g/mol. The van der Waals surface area contributed by atoms with Crippen molar-refractivity contribution in [2.24, 2.45) is 0 Å². The van der Waals surface area contributed by atoms with E-state index in [-0.39, 0.29) is 0 Å². The van der Waals surface area contributed by atoms with Crippen LogP contribution in [0.5, 0.6) is 0 Å². The fourth-order valence-electron chi connectivity index (χ4n) is 3.23. The number of hydrogen-bond acceptors (Lipinski definition) is 4. The number of fused-ring (bicyclic) bond motifs is 1. The predicted molar refractivity (Wildman–Crippen MR) is 102 cm³/mol. The first-order valence-corrected chi connectivity index (χ1v) is 9.06. The molecule has 0 aromatic carbocycles. The van der Waals surface area contributed by atoms with Crippen LogP contribution in [0.25, 0.3) is 22.6 Å². The molecule has 0 N–H and O–H groups in total. The highest BCUT2D eigenvalue weighted by Crippen LogP contribution is 2.22. The third kappa shape index (κ3) is 3.20. The Labute approximate surface area is 156 Å². The maximum absolute atomic E-state index is 13.5. The van der Waals surface area contributed by atoms with Crippen LogP contribution in [0.15, 0.2) is 42.9 Å². The molecule has 4 aromatic rings. The normalized spacial score (nSPS) is 11.6. The van der Waals surface area contributed by atoms with Crippen molar-refractivity contribution < 1.29 is 4.39 Å². The van der Waals surface area contributed by atoms with Gasteiger partial charge in [-0.2, -0.15) is 4.39 Å². The Morgan fingerprint density at radius 2 is 2.00 bits per heavy atom. The molecule has 0 bridgehead atoms. The second kappa shape index (κ2) is 6.90. The van der Waals surface area contributed by atoms with E-state index < -0.39 is 5.95 Å². The largest absolute Gasteiger partial charge is 0.325 e. The molecule has 0 fully saturated rings. The van der Waals surface area contributed by atoms with Crippen molar-refractivity contribution in [2.45, 2.75) is 39.8 Å². The summed E-state index contributed by atoms with van der Waals surface area (Å²) in [4.78, 5) is 17.7. The van der Waals surface area contributed by atoms with Crippen molar-refractivity contribution in [1.82, 2.24) is 29.1 Å². The monoisotopic (exact) mass is 364 g/mol. The lowest BCUT2D eigenvalue weighted by Crippen LogP contribution is -2.09. The Morgan fingerprint density at radius 1 is 1.15 bits per heavy atom. The highest BCUT2D eigenvalue weighted by atomic mass is 19.1. The van der Waals surface area contributed by atoms with Gasteiger partial charge in [-0.1, -0.05) is 19.9 Å². The standard InChI is InChI=1S/C20H21FN6/c1-4-27-17-11-23-15(13(2)3)10-16(17)25-19(27)12-26-9-8-22-20(26)14-6-5-7-18(21)24-14/h5-11,13H,4,12H2,1-3H3. The number of hydrogen-bond donors (Lipinski definition) is 0. The molecule has 27 heavy (non-hydrogen) atoms. The summed E-state index contributed by atoms with van der Waals surface area (Å²) in [6.45, 7) is 7.64. The molecule has 0 aliphatic carbocycles. The molecule has 0 aliphatic rings. The predicted octanol–water partition coefficient (Wildman–Crippen LogP) is 4.02. The summed E-state index contributed by atoms with van der Waals surface area (Å²) in [6.07, 6.45) is 5.45. The SMILES string of the molecule is CCn1c(Cn2ccnc2-c2cccc(F)n2)nc2cc(C(C)C)ncc21. The van der Waals surface area contributed by atoms with Gasteiger partial charge < -0.3 is 9.13 Å². The fourth-order valence-corrected chi connectivity index (χ4v) is 3.23. The molecule has 0 spiro atoms. The minimum atomic E-state index is -0.518. The summed E-state index contributed by atoms with van der Waals surface area (Å²) in [5.74, 6) is 1.36. The quantitative estimate of drug-likeness (QED) is 0.502. The number of aromatic nitrogens is 6. The first-order chi connectivity index (χ1) is 13.1. The van der Waals surface area contributed by atoms with E-state index in [9.17, 15) is 4.39 Å². The third-order valence-corrected chi connectivity index (χ3v) is 4.61. The van der Waals surface area contributed by atoms with Crippen LogP contribution in [0.4, 0.5) is 4.39 Å². The molecule has 6 nitrogen and oxygen atoms in total. The third-order valence-electron chi connectivity index (χ3n) is 4.61. The smallest absolute Gasteiger partial charge is 0.213 e. The van der Waals surface area contributed by atoms with Gasteiger partial charge in [-0.15, -0.1) is 0 Å². The minimum Gasteiger partial charge on any atom is -0.325 e. The first kappa shape index (κ1) is 17.3. The van der Waals surface area contributed by atoms with Gasteiger partial charge in [0.1, 0.15) is 11.5 Å². The summed E-state index contributed by atoms with van der Waals surface area (Å²) in [6, 6.07) is 6.77. The van der Waals surface area contributed by atoms with Gasteiger partial charge in [0, 0.05) is 24.6 Å². The van der Waals surface area contributed by atoms with E-state index >= 15 is 0 Å². The number of rotatable bonds is 5. The fraction of sp³-hybridized carbons (Fsp3) is 0.300. The van der Waals surface area contributed by atoms with Gasteiger partial charge in [0.25, 0.3) is 0 Å². The van der Waals surface area contributed by atoms with Gasteiger partial charge in [0.15, 0.2) is 5.82 Å². The van der Waals surface area contributed by atoms with Crippen LogP contribution in [-0.2, 0) is 13.1 Å². The molecule has 0 saturated heterocycles. The molecule has 7 heteroatoms. The van der Waals surface area contributed by atoms with Crippen molar-refractivity contribution in [2.75, 3.05) is 0 Å². The summed E-state index contributed by atoms with van der Waals surface area (Å²) < 4.78 is 17.6. The Bertz CT molecular complexity index is 1100. The van der Waals surface area contributed by atoms with E-state index in [1.165, 1.54) is 6.07 Å². The molecule has 0 amide bonds. The van der Waals surface area contributed by atoms with Crippen molar-refractivity contribution >= 4 is 11.0 Å². The average molecular weight is 364 g/mol. The Hall–Kier alpha value is -3.09. The Balaban J connectivity index is 1.75. The van der Waals surface area contributed by atoms with Gasteiger partial charge in [-0.25, -0.2) is 15.0 Å². The van der Waals surface area contributed by atoms with Gasteiger partial charge in [0.05, 0.1) is 23.8 Å². The molecule has 4 aromatic heterocycles. The number of halogens is 1. The maximum Gasteiger partial charge on any atom is 0.213 e. The molecule has 138 valence electrons.